The molecule has 41 valence electrons. The van der Waals surface area contributed by atoms with Crippen LogP contribution in [-0.2, 0) is 0 Å². The zero-order valence-corrected chi connectivity index (χ0v) is 4.98. The predicted molar refractivity (Wildman–Crippen MR) is 34.0 cm³/mol. The smallest absolute Gasteiger partial charge is 0.0316 e. The van der Waals surface area contributed by atoms with Gasteiger partial charge < -0.3 is 0 Å². The molecule has 0 amide bonds. The summed E-state index contributed by atoms with van der Waals surface area (Å²) in [5.74, 6) is 0. The molecule has 0 aliphatic rings. The molecule has 0 aliphatic carbocycles. The summed E-state index contributed by atoms with van der Waals surface area (Å²) in [4.78, 5) is 0. The van der Waals surface area contributed by atoms with E-state index in [1.165, 1.54) is 19.3 Å². The monoisotopic (exact) mass is 97.1 g/mol. The lowest BCUT2D eigenvalue weighted by Crippen LogP contribution is -1.63. The Morgan fingerprint density at radius 1 is 1.57 bits per heavy atom. The van der Waals surface area contributed by atoms with E-state index in [0.717, 1.165) is 0 Å². The summed E-state index contributed by atoms with van der Waals surface area (Å²) in [5.41, 5.74) is 0. The number of unbranched alkanes of at least 4 members (excludes halogenated alkanes) is 2. The summed E-state index contributed by atoms with van der Waals surface area (Å²) in [7, 11) is 0. The van der Waals surface area contributed by atoms with Gasteiger partial charge in [0.2, 0.25) is 0 Å². The Kier molecular flexibility index (Phi) is 5.53. The Bertz CT molecular complexity index is 44.0. The molecule has 0 heteroatoms. The second-order valence-corrected chi connectivity index (χ2v) is 1.61. The summed E-state index contributed by atoms with van der Waals surface area (Å²) in [6.07, 6.45) is 7.73. The van der Waals surface area contributed by atoms with Crippen molar-refractivity contribution < 1.29 is 0 Å². The molecule has 0 aromatic heterocycles. The van der Waals surface area contributed by atoms with Gasteiger partial charge in [-0.1, -0.05) is 31.9 Å². The third-order valence-corrected chi connectivity index (χ3v) is 0.891. The summed E-state index contributed by atoms with van der Waals surface area (Å²) in [6, 6.07) is 0. The molecule has 0 saturated carbocycles. The van der Waals surface area contributed by atoms with Gasteiger partial charge in [-0.15, -0.1) is 0 Å². The van der Waals surface area contributed by atoms with Crippen molar-refractivity contribution in [2.45, 2.75) is 26.2 Å². The van der Waals surface area contributed by atoms with E-state index in [2.05, 4.69) is 19.9 Å². The van der Waals surface area contributed by atoms with Crippen LogP contribution in [0.4, 0.5) is 0 Å². The maximum Gasteiger partial charge on any atom is -0.0316 e. The highest BCUT2D eigenvalue weighted by Gasteiger charge is 1.73. The largest absolute Gasteiger partial charge is 0.0885 e. The molecular weight excluding hydrogens is 84.1 g/mol. The lowest BCUT2D eigenvalue weighted by Gasteiger charge is -1.83. The maximum atomic E-state index is 3.58. The van der Waals surface area contributed by atoms with Gasteiger partial charge >= 0.3 is 0 Å². The standard InChI is InChI=1S/C7H13/c1-3-5-7-6-4-2/h3,5H,1,4,6-7H2,2H3/b5-3-. The van der Waals surface area contributed by atoms with E-state index in [4.69, 9.17) is 0 Å². The van der Waals surface area contributed by atoms with Crippen LogP contribution in [0.3, 0.4) is 0 Å². The molecule has 0 bridgehead atoms. The van der Waals surface area contributed by atoms with Crippen LogP contribution in [0, 0.1) is 6.92 Å². The van der Waals surface area contributed by atoms with Crippen LogP contribution < -0.4 is 0 Å². The molecule has 0 N–H and O–H groups in total. The summed E-state index contributed by atoms with van der Waals surface area (Å²) in [5, 5.41) is 0. The zero-order chi connectivity index (χ0) is 5.54. The molecule has 7 heavy (non-hydrogen) atoms. The molecule has 0 rings (SSSR count). The van der Waals surface area contributed by atoms with Crippen molar-refractivity contribution in [2.24, 2.45) is 0 Å². The first-order chi connectivity index (χ1) is 3.41. The molecule has 0 unspecified atom stereocenters. The van der Waals surface area contributed by atoms with Crippen molar-refractivity contribution in [3.8, 4) is 0 Å². The molecule has 0 spiro atoms. The van der Waals surface area contributed by atoms with Crippen LogP contribution in [0.1, 0.15) is 26.2 Å². The molecule has 0 aromatic carbocycles. The Morgan fingerprint density at radius 2 is 2.29 bits per heavy atom. The van der Waals surface area contributed by atoms with E-state index in [1.807, 2.05) is 6.08 Å². The minimum absolute atomic E-state index is 1.19. The number of hydrogen-bond acceptors (Lipinski definition) is 0. The Morgan fingerprint density at radius 3 is 2.71 bits per heavy atom. The maximum absolute atomic E-state index is 3.58. The van der Waals surface area contributed by atoms with E-state index < -0.39 is 0 Å². The first-order valence-corrected chi connectivity index (χ1v) is 2.86. The van der Waals surface area contributed by atoms with Crippen LogP contribution in [0.2, 0.25) is 0 Å². The second-order valence-electron chi connectivity index (χ2n) is 1.61. The summed E-state index contributed by atoms with van der Waals surface area (Å²) >= 11 is 0. The Hall–Kier alpha value is -0.260. The topological polar surface area (TPSA) is 0 Å². The molecular formula is C7H13. The molecule has 0 aliphatic heterocycles. The lowest BCUT2D eigenvalue weighted by atomic mass is 10.2. The van der Waals surface area contributed by atoms with Gasteiger partial charge in [-0.05, 0) is 13.3 Å². The molecule has 0 saturated heterocycles. The quantitative estimate of drug-likeness (QED) is 0.475. The van der Waals surface area contributed by atoms with Gasteiger partial charge in [0.1, 0.15) is 0 Å². The third kappa shape index (κ3) is 5.74. The molecule has 0 fully saturated rings. The van der Waals surface area contributed by atoms with Crippen molar-refractivity contribution in [3.63, 3.8) is 0 Å². The van der Waals surface area contributed by atoms with Crippen molar-refractivity contribution >= 4 is 0 Å². The SMILES string of the molecule is [CH2]/C=C\CCCC. The average molecular weight is 97.2 g/mol. The van der Waals surface area contributed by atoms with Gasteiger partial charge in [0.15, 0.2) is 0 Å². The first-order valence-electron chi connectivity index (χ1n) is 2.86. The van der Waals surface area contributed by atoms with Crippen LogP contribution >= 0.6 is 0 Å². The van der Waals surface area contributed by atoms with Crippen molar-refractivity contribution in [3.05, 3.63) is 19.1 Å². The lowest BCUT2D eigenvalue weighted by molar-refractivity contribution is 0.815. The predicted octanol–water partition coefficient (Wildman–Crippen LogP) is 2.57. The number of allylic oxidation sites excluding steroid dienone is 2. The minimum Gasteiger partial charge on any atom is -0.0885 e. The average Bonchev–Trinajstić information content (AvgIpc) is 1.69. The van der Waals surface area contributed by atoms with Gasteiger partial charge in [0, 0.05) is 0 Å². The van der Waals surface area contributed by atoms with Crippen LogP contribution in [0.25, 0.3) is 0 Å². The highest BCUT2D eigenvalue weighted by molar-refractivity contribution is 4.82. The molecule has 0 atom stereocenters. The van der Waals surface area contributed by atoms with Crippen molar-refractivity contribution in [2.75, 3.05) is 0 Å². The highest BCUT2D eigenvalue weighted by Crippen LogP contribution is 1.93. The summed E-state index contributed by atoms with van der Waals surface area (Å²) < 4.78 is 0. The molecule has 0 heterocycles. The van der Waals surface area contributed by atoms with Gasteiger partial charge in [-0.25, -0.2) is 0 Å². The fraction of sp³-hybridized carbons (Fsp3) is 0.571. The molecule has 0 aromatic rings. The Labute approximate surface area is 46.2 Å². The van der Waals surface area contributed by atoms with Crippen molar-refractivity contribution in [1.29, 1.82) is 0 Å². The van der Waals surface area contributed by atoms with Gasteiger partial charge in [0.25, 0.3) is 0 Å². The fourth-order valence-electron chi connectivity index (χ4n) is 0.440. The van der Waals surface area contributed by atoms with Gasteiger partial charge in [-0.2, -0.15) is 0 Å². The van der Waals surface area contributed by atoms with E-state index in [1.54, 1.807) is 0 Å². The zero-order valence-electron chi connectivity index (χ0n) is 4.98. The minimum atomic E-state index is 1.19. The number of hydrogen-bond donors (Lipinski definition) is 0. The normalized spacial score (nSPS) is 10.6. The molecule has 0 nitrogen and oxygen atoms in total. The van der Waals surface area contributed by atoms with Crippen LogP contribution in [-0.4, -0.2) is 0 Å². The number of rotatable bonds is 3. The Balaban J connectivity index is 2.69. The van der Waals surface area contributed by atoms with Gasteiger partial charge in [-0.3, -0.25) is 0 Å². The summed E-state index contributed by atoms with van der Waals surface area (Å²) in [6.45, 7) is 5.77. The van der Waals surface area contributed by atoms with E-state index >= 15 is 0 Å². The third-order valence-electron chi connectivity index (χ3n) is 0.891. The highest BCUT2D eigenvalue weighted by atomic mass is 13.8. The van der Waals surface area contributed by atoms with E-state index in [-0.39, 0.29) is 0 Å². The van der Waals surface area contributed by atoms with E-state index in [9.17, 15) is 0 Å². The molecule has 1 radical (unpaired) electrons. The second kappa shape index (κ2) is 5.74. The van der Waals surface area contributed by atoms with E-state index in [0.29, 0.717) is 0 Å². The van der Waals surface area contributed by atoms with Crippen LogP contribution in [0.15, 0.2) is 12.2 Å². The fourth-order valence-corrected chi connectivity index (χ4v) is 0.440. The van der Waals surface area contributed by atoms with Crippen LogP contribution in [0.5, 0.6) is 0 Å². The van der Waals surface area contributed by atoms with Gasteiger partial charge in [0.05, 0.1) is 0 Å². The first kappa shape index (κ1) is 6.74. The van der Waals surface area contributed by atoms with Crippen molar-refractivity contribution in [1.82, 2.24) is 0 Å².